The van der Waals surface area contributed by atoms with Crippen LogP contribution in [-0.4, -0.2) is 69.1 Å². The van der Waals surface area contributed by atoms with Crippen molar-refractivity contribution in [3.8, 4) is 0 Å². The lowest BCUT2D eigenvalue weighted by atomic mass is 10.3. The van der Waals surface area contributed by atoms with E-state index in [1.165, 1.54) is 10.5 Å². The van der Waals surface area contributed by atoms with Crippen LogP contribution in [0, 0.1) is 0 Å². The standard InChI is InChI=1S/C11H19N3O5S2/c1-3-10-11(6-12-13-10)21(17,18)14-4-5-19-9(7-14)8-20(2,15)16/h6,9H,3-5,7-8H2,1-2H3,(H,12,13). The van der Waals surface area contributed by atoms with Crippen molar-refractivity contribution in [1.82, 2.24) is 14.5 Å². The van der Waals surface area contributed by atoms with Gasteiger partial charge in [-0.15, -0.1) is 0 Å². The lowest BCUT2D eigenvalue weighted by Gasteiger charge is -2.31. The number of hydrogen-bond donors (Lipinski definition) is 1. The minimum atomic E-state index is -3.69. The minimum absolute atomic E-state index is 0.0315. The molecule has 0 radical (unpaired) electrons. The molecule has 1 unspecified atom stereocenters. The van der Waals surface area contributed by atoms with Crippen molar-refractivity contribution in [2.24, 2.45) is 0 Å². The van der Waals surface area contributed by atoms with Gasteiger partial charge in [-0.2, -0.15) is 9.40 Å². The van der Waals surface area contributed by atoms with Crippen LogP contribution >= 0.6 is 0 Å². The molecule has 0 amide bonds. The highest BCUT2D eigenvalue weighted by Crippen LogP contribution is 2.21. The van der Waals surface area contributed by atoms with Crippen molar-refractivity contribution < 1.29 is 21.6 Å². The summed E-state index contributed by atoms with van der Waals surface area (Å²) in [6.45, 7) is 2.25. The first-order valence-electron chi connectivity index (χ1n) is 6.55. The molecule has 1 aliphatic heterocycles. The van der Waals surface area contributed by atoms with Crippen LogP contribution in [0.15, 0.2) is 11.1 Å². The third kappa shape index (κ3) is 3.82. The topological polar surface area (TPSA) is 109 Å². The fourth-order valence-electron chi connectivity index (χ4n) is 2.27. The Bertz CT molecular complexity index is 695. The molecule has 2 rings (SSSR count). The second kappa shape index (κ2) is 6.03. The van der Waals surface area contributed by atoms with Crippen molar-refractivity contribution in [2.45, 2.75) is 24.3 Å². The summed E-state index contributed by atoms with van der Waals surface area (Å²) in [5, 5.41) is 6.44. The summed E-state index contributed by atoms with van der Waals surface area (Å²) in [5.41, 5.74) is 0.543. The first-order chi connectivity index (χ1) is 9.74. The van der Waals surface area contributed by atoms with Gasteiger partial charge in [-0.05, 0) is 6.42 Å². The van der Waals surface area contributed by atoms with Crippen LogP contribution in [0.5, 0.6) is 0 Å². The van der Waals surface area contributed by atoms with Crippen molar-refractivity contribution in [2.75, 3.05) is 31.7 Å². The normalized spacial score (nSPS) is 21.5. The van der Waals surface area contributed by atoms with Crippen molar-refractivity contribution in [1.29, 1.82) is 0 Å². The molecule has 1 N–H and O–H groups in total. The third-order valence-corrected chi connectivity index (χ3v) is 6.14. The number of morpholine rings is 1. The number of aromatic nitrogens is 2. The SMILES string of the molecule is CCc1[nH]ncc1S(=O)(=O)N1CCOC(CS(C)(=O)=O)C1. The van der Waals surface area contributed by atoms with Gasteiger partial charge in [0, 0.05) is 19.3 Å². The third-order valence-electron chi connectivity index (χ3n) is 3.24. The maximum absolute atomic E-state index is 12.6. The maximum Gasteiger partial charge on any atom is 0.246 e. The summed E-state index contributed by atoms with van der Waals surface area (Å²) < 4.78 is 54.4. The molecule has 0 spiro atoms. The van der Waals surface area contributed by atoms with Crippen LogP contribution in [0.25, 0.3) is 0 Å². The van der Waals surface area contributed by atoms with Gasteiger partial charge in [0.25, 0.3) is 0 Å². The summed E-state index contributed by atoms with van der Waals surface area (Å²) in [4.78, 5) is 0.144. The molecule has 0 aliphatic carbocycles. The molecular weight excluding hydrogens is 318 g/mol. The molecule has 1 aliphatic rings. The van der Waals surface area contributed by atoms with Crippen molar-refractivity contribution in [3.05, 3.63) is 11.9 Å². The molecule has 1 fully saturated rings. The highest BCUT2D eigenvalue weighted by Gasteiger charge is 2.34. The number of hydrogen-bond acceptors (Lipinski definition) is 6. The number of sulfonamides is 1. The average molecular weight is 337 g/mol. The minimum Gasteiger partial charge on any atom is -0.374 e. The summed E-state index contributed by atoms with van der Waals surface area (Å²) in [7, 11) is -6.91. The molecule has 0 saturated carbocycles. The molecule has 120 valence electrons. The van der Waals surface area contributed by atoms with Gasteiger partial charge in [-0.25, -0.2) is 16.8 Å². The first-order valence-corrected chi connectivity index (χ1v) is 10.1. The van der Waals surface area contributed by atoms with Gasteiger partial charge in [-0.3, -0.25) is 5.10 Å². The molecule has 1 aromatic rings. The molecule has 1 aromatic heterocycles. The van der Waals surface area contributed by atoms with Gasteiger partial charge in [-0.1, -0.05) is 6.92 Å². The number of aryl methyl sites for hydroxylation is 1. The number of nitrogens with zero attached hydrogens (tertiary/aromatic N) is 2. The van der Waals surface area contributed by atoms with Crippen molar-refractivity contribution >= 4 is 19.9 Å². The van der Waals surface area contributed by atoms with Gasteiger partial charge in [0.05, 0.1) is 30.4 Å². The summed E-state index contributed by atoms with van der Waals surface area (Å²) in [6, 6.07) is 0. The Hall–Kier alpha value is -0.970. The highest BCUT2D eigenvalue weighted by molar-refractivity contribution is 7.90. The number of H-pyrrole nitrogens is 1. The molecule has 1 saturated heterocycles. The van der Waals surface area contributed by atoms with Gasteiger partial charge in [0.1, 0.15) is 14.7 Å². The number of ether oxygens (including phenoxy) is 1. The van der Waals surface area contributed by atoms with Gasteiger partial charge in [0.2, 0.25) is 10.0 Å². The Morgan fingerprint density at radius 1 is 1.43 bits per heavy atom. The fourth-order valence-corrected chi connectivity index (χ4v) is 4.79. The van der Waals surface area contributed by atoms with Gasteiger partial charge >= 0.3 is 0 Å². The molecule has 10 heteroatoms. The zero-order chi connectivity index (χ0) is 15.7. The highest BCUT2D eigenvalue weighted by atomic mass is 32.2. The van der Waals surface area contributed by atoms with Crippen molar-refractivity contribution in [3.63, 3.8) is 0 Å². The lowest BCUT2D eigenvalue weighted by Crippen LogP contribution is -2.47. The largest absolute Gasteiger partial charge is 0.374 e. The quantitative estimate of drug-likeness (QED) is 0.769. The predicted octanol–water partition coefficient (Wildman–Crippen LogP) is -0.594. The zero-order valence-corrected chi connectivity index (χ0v) is 13.6. The Balaban J connectivity index is 2.21. The van der Waals surface area contributed by atoms with Crippen LogP contribution in [0.3, 0.4) is 0 Å². The Kier molecular flexibility index (Phi) is 4.71. The summed E-state index contributed by atoms with van der Waals surface area (Å²) in [6.07, 6.45) is 2.27. The summed E-state index contributed by atoms with van der Waals surface area (Å²) in [5.74, 6) is -0.189. The smallest absolute Gasteiger partial charge is 0.246 e. The number of nitrogens with one attached hydrogen (secondary N) is 1. The van der Waals surface area contributed by atoms with E-state index in [1.54, 1.807) is 0 Å². The molecule has 1 atom stereocenters. The first kappa shape index (κ1) is 16.4. The maximum atomic E-state index is 12.6. The number of aromatic amines is 1. The molecule has 2 heterocycles. The molecule has 0 bridgehead atoms. The van der Waals surface area contributed by atoms with E-state index in [4.69, 9.17) is 4.74 Å². The predicted molar refractivity (Wildman–Crippen MR) is 76.2 cm³/mol. The Morgan fingerprint density at radius 3 is 2.76 bits per heavy atom. The van der Waals surface area contributed by atoms with Gasteiger partial charge < -0.3 is 4.74 Å². The molecule has 21 heavy (non-hydrogen) atoms. The average Bonchev–Trinajstić information content (AvgIpc) is 2.86. The van der Waals surface area contributed by atoms with E-state index >= 15 is 0 Å². The second-order valence-electron chi connectivity index (χ2n) is 5.01. The zero-order valence-electron chi connectivity index (χ0n) is 11.9. The van der Waals surface area contributed by atoms with E-state index < -0.39 is 26.0 Å². The Morgan fingerprint density at radius 2 is 2.14 bits per heavy atom. The lowest BCUT2D eigenvalue weighted by molar-refractivity contribution is 0.0121. The van der Waals surface area contributed by atoms with Gasteiger partial charge in [0.15, 0.2) is 0 Å². The van der Waals surface area contributed by atoms with Crippen LogP contribution in [0.4, 0.5) is 0 Å². The number of rotatable bonds is 5. The Labute approximate surface area is 124 Å². The monoisotopic (exact) mass is 337 g/mol. The molecular formula is C11H19N3O5S2. The number of sulfone groups is 1. The second-order valence-corrected chi connectivity index (χ2v) is 9.11. The van der Waals surface area contributed by atoms with E-state index in [9.17, 15) is 16.8 Å². The van der Waals surface area contributed by atoms with E-state index in [0.29, 0.717) is 12.1 Å². The van der Waals surface area contributed by atoms with E-state index in [0.717, 1.165) is 6.26 Å². The van der Waals surface area contributed by atoms with E-state index in [1.807, 2.05) is 6.92 Å². The summed E-state index contributed by atoms with van der Waals surface area (Å²) >= 11 is 0. The van der Waals surface area contributed by atoms with Crippen LogP contribution in [-0.2, 0) is 31.0 Å². The van der Waals surface area contributed by atoms with Crippen LogP contribution in [0.2, 0.25) is 0 Å². The molecule has 0 aromatic carbocycles. The van der Waals surface area contributed by atoms with E-state index in [2.05, 4.69) is 10.2 Å². The fraction of sp³-hybridized carbons (Fsp3) is 0.727. The molecule has 8 nitrogen and oxygen atoms in total. The van der Waals surface area contributed by atoms with Crippen LogP contribution in [0.1, 0.15) is 12.6 Å². The van der Waals surface area contributed by atoms with E-state index in [-0.39, 0.29) is 30.3 Å². The van der Waals surface area contributed by atoms with Crippen LogP contribution < -0.4 is 0 Å².